The smallest absolute Gasteiger partial charge is 0.0736 e. The SMILES string of the molecule is CCOCc1ccccc1NC1CCC(N)CC1. The number of anilines is 1. The molecule has 0 spiro atoms. The molecule has 2 rings (SSSR count). The fourth-order valence-corrected chi connectivity index (χ4v) is 2.48. The molecular formula is C15H24N2O. The first-order valence-corrected chi connectivity index (χ1v) is 6.97. The van der Waals surface area contributed by atoms with E-state index in [-0.39, 0.29) is 0 Å². The summed E-state index contributed by atoms with van der Waals surface area (Å²) in [6.07, 6.45) is 4.60. The Morgan fingerprint density at radius 3 is 2.67 bits per heavy atom. The van der Waals surface area contributed by atoms with E-state index >= 15 is 0 Å². The van der Waals surface area contributed by atoms with Gasteiger partial charge in [-0.25, -0.2) is 0 Å². The fraction of sp³-hybridized carbons (Fsp3) is 0.600. The van der Waals surface area contributed by atoms with Crippen molar-refractivity contribution in [2.75, 3.05) is 11.9 Å². The maximum atomic E-state index is 5.94. The second-order valence-corrected chi connectivity index (χ2v) is 5.05. The van der Waals surface area contributed by atoms with Gasteiger partial charge >= 0.3 is 0 Å². The van der Waals surface area contributed by atoms with Crippen molar-refractivity contribution < 1.29 is 4.74 Å². The van der Waals surface area contributed by atoms with E-state index in [2.05, 4.69) is 29.6 Å². The van der Waals surface area contributed by atoms with Crippen molar-refractivity contribution in [2.24, 2.45) is 5.73 Å². The van der Waals surface area contributed by atoms with Crippen molar-refractivity contribution in [2.45, 2.75) is 51.3 Å². The highest BCUT2D eigenvalue weighted by Crippen LogP contribution is 2.23. The fourth-order valence-electron chi connectivity index (χ4n) is 2.48. The lowest BCUT2D eigenvalue weighted by atomic mass is 9.91. The summed E-state index contributed by atoms with van der Waals surface area (Å²) >= 11 is 0. The van der Waals surface area contributed by atoms with Crippen molar-refractivity contribution in [1.29, 1.82) is 0 Å². The Balaban J connectivity index is 1.95. The van der Waals surface area contributed by atoms with Gasteiger partial charge in [-0.15, -0.1) is 0 Å². The lowest BCUT2D eigenvalue weighted by Crippen LogP contribution is -2.33. The highest BCUT2D eigenvalue weighted by molar-refractivity contribution is 5.51. The molecule has 3 N–H and O–H groups in total. The second kappa shape index (κ2) is 6.76. The van der Waals surface area contributed by atoms with Crippen LogP contribution in [-0.2, 0) is 11.3 Å². The van der Waals surface area contributed by atoms with Crippen LogP contribution in [0.15, 0.2) is 24.3 Å². The second-order valence-electron chi connectivity index (χ2n) is 5.05. The van der Waals surface area contributed by atoms with Gasteiger partial charge in [-0.2, -0.15) is 0 Å². The van der Waals surface area contributed by atoms with E-state index in [0.29, 0.717) is 18.7 Å². The van der Waals surface area contributed by atoms with Crippen LogP contribution >= 0.6 is 0 Å². The Labute approximate surface area is 110 Å². The molecule has 0 heterocycles. The summed E-state index contributed by atoms with van der Waals surface area (Å²) in [5, 5.41) is 3.64. The molecule has 0 unspecified atom stereocenters. The van der Waals surface area contributed by atoms with Gasteiger partial charge in [0.05, 0.1) is 6.61 Å². The first kappa shape index (κ1) is 13.4. The Bertz CT molecular complexity index is 359. The molecule has 1 aromatic carbocycles. The third-order valence-corrected chi connectivity index (χ3v) is 3.61. The number of nitrogens with one attached hydrogen (secondary N) is 1. The predicted octanol–water partition coefficient (Wildman–Crippen LogP) is 2.90. The van der Waals surface area contributed by atoms with Crippen LogP contribution in [-0.4, -0.2) is 18.7 Å². The highest BCUT2D eigenvalue weighted by atomic mass is 16.5. The molecule has 3 heteroatoms. The number of rotatable bonds is 5. The quantitative estimate of drug-likeness (QED) is 0.842. The minimum Gasteiger partial charge on any atom is -0.382 e. The average molecular weight is 248 g/mol. The van der Waals surface area contributed by atoms with Gasteiger partial charge in [-0.3, -0.25) is 0 Å². The summed E-state index contributed by atoms with van der Waals surface area (Å²) in [5.41, 5.74) is 8.40. The van der Waals surface area contributed by atoms with Crippen LogP contribution in [0.25, 0.3) is 0 Å². The van der Waals surface area contributed by atoms with E-state index in [0.717, 1.165) is 19.4 Å². The third kappa shape index (κ3) is 3.72. The zero-order valence-corrected chi connectivity index (χ0v) is 11.2. The molecule has 0 saturated heterocycles. The lowest BCUT2D eigenvalue weighted by molar-refractivity contribution is 0.134. The van der Waals surface area contributed by atoms with Crippen LogP contribution < -0.4 is 11.1 Å². The molecule has 1 aromatic rings. The molecule has 18 heavy (non-hydrogen) atoms. The van der Waals surface area contributed by atoms with Gasteiger partial charge in [0, 0.05) is 29.9 Å². The van der Waals surface area contributed by atoms with Crippen molar-refractivity contribution in [3.8, 4) is 0 Å². The molecule has 0 atom stereocenters. The molecule has 1 aliphatic rings. The van der Waals surface area contributed by atoms with Crippen LogP contribution in [0.3, 0.4) is 0 Å². The van der Waals surface area contributed by atoms with E-state index in [4.69, 9.17) is 10.5 Å². The summed E-state index contributed by atoms with van der Waals surface area (Å²) < 4.78 is 5.51. The maximum Gasteiger partial charge on any atom is 0.0736 e. The average Bonchev–Trinajstić information content (AvgIpc) is 2.40. The molecule has 3 nitrogen and oxygen atoms in total. The first-order valence-electron chi connectivity index (χ1n) is 6.97. The molecule has 0 amide bonds. The summed E-state index contributed by atoms with van der Waals surface area (Å²) in [6.45, 7) is 3.47. The zero-order valence-electron chi connectivity index (χ0n) is 11.2. The summed E-state index contributed by atoms with van der Waals surface area (Å²) in [6, 6.07) is 9.38. The predicted molar refractivity (Wildman–Crippen MR) is 75.6 cm³/mol. The minimum absolute atomic E-state index is 0.404. The maximum absolute atomic E-state index is 5.94. The number of hydrogen-bond acceptors (Lipinski definition) is 3. The molecule has 0 radical (unpaired) electrons. The molecule has 1 fully saturated rings. The lowest BCUT2D eigenvalue weighted by Gasteiger charge is -2.28. The van der Waals surface area contributed by atoms with Gasteiger partial charge < -0.3 is 15.8 Å². The number of nitrogens with two attached hydrogens (primary N) is 1. The molecule has 1 saturated carbocycles. The van der Waals surface area contributed by atoms with E-state index in [1.54, 1.807) is 0 Å². The van der Waals surface area contributed by atoms with Crippen LogP contribution in [0.1, 0.15) is 38.2 Å². The van der Waals surface area contributed by atoms with Gasteiger partial charge in [0.15, 0.2) is 0 Å². The minimum atomic E-state index is 0.404. The van der Waals surface area contributed by atoms with Crippen LogP contribution in [0, 0.1) is 0 Å². The molecular weight excluding hydrogens is 224 g/mol. The van der Waals surface area contributed by atoms with Crippen molar-refractivity contribution in [1.82, 2.24) is 0 Å². The van der Waals surface area contributed by atoms with Crippen LogP contribution in [0.4, 0.5) is 5.69 Å². The van der Waals surface area contributed by atoms with Gasteiger partial charge in [-0.1, -0.05) is 18.2 Å². The summed E-state index contributed by atoms with van der Waals surface area (Å²) in [7, 11) is 0. The third-order valence-electron chi connectivity index (χ3n) is 3.61. The summed E-state index contributed by atoms with van der Waals surface area (Å²) in [5.74, 6) is 0. The van der Waals surface area contributed by atoms with Crippen molar-refractivity contribution in [3.63, 3.8) is 0 Å². The van der Waals surface area contributed by atoms with Crippen LogP contribution in [0.2, 0.25) is 0 Å². The standard InChI is InChI=1S/C15H24N2O/c1-2-18-11-12-5-3-4-6-15(12)17-14-9-7-13(16)8-10-14/h3-6,13-14,17H,2,7-11,16H2,1H3. The Morgan fingerprint density at radius 2 is 1.94 bits per heavy atom. The molecule has 0 bridgehead atoms. The molecule has 100 valence electrons. The normalized spacial score (nSPS) is 23.9. The number of ether oxygens (including phenoxy) is 1. The van der Waals surface area contributed by atoms with Crippen molar-refractivity contribution in [3.05, 3.63) is 29.8 Å². The summed E-state index contributed by atoms with van der Waals surface area (Å²) in [4.78, 5) is 0. The zero-order chi connectivity index (χ0) is 12.8. The molecule has 0 aliphatic heterocycles. The topological polar surface area (TPSA) is 47.3 Å². The number of benzene rings is 1. The van der Waals surface area contributed by atoms with Gasteiger partial charge in [0.2, 0.25) is 0 Å². The van der Waals surface area contributed by atoms with E-state index in [9.17, 15) is 0 Å². The Hall–Kier alpha value is -1.06. The van der Waals surface area contributed by atoms with E-state index < -0.39 is 0 Å². The number of para-hydroxylation sites is 1. The number of hydrogen-bond donors (Lipinski definition) is 2. The van der Waals surface area contributed by atoms with Crippen molar-refractivity contribution >= 4 is 5.69 Å². The first-order chi connectivity index (χ1) is 8.79. The monoisotopic (exact) mass is 248 g/mol. The van der Waals surface area contributed by atoms with E-state index in [1.165, 1.54) is 24.1 Å². The highest BCUT2D eigenvalue weighted by Gasteiger charge is 2.18. The van der Waals surface area contributed by atoms with Gasteiger partial charge in [0.1, 0.15) is 0 Å². The van der Waals surface area contributed by atoms with E-state index in [1.807, 2.05) is 6.92 Å². The van der Waals surface area contributed by atoms with Gasteiger partial charge in [-0.05, 0) is 38.7 Å². The molecule has 0 aromatic heterocycles. The largest absolute Gasteiger partial charge is 0.382 e. The Morgan fingerprint density at radius 1 is 1.22 bits per heavy atom. The van der Waals surface area contributed by atoms with Crippen LogP contribution in [0.5, 0.6) is 0 Å². The molecule has 1 aliphatic carbocycles. The Kier molecular flexibility index (Phi) is 5.02. The van der Waals surface area contributed by atoms with Gasteiger partial charge in [0.25, 0.3) is 0 Å².